The Morgan fingerprint density at radius 2 is 1.60 bits per heavy atom. The molecule has 5 aliphatic carbocycles. The Balaban J connectivity index is 1.29. The first-order valence-electron chi connectivity index (χ1n) is 18.4. The number of aliphatic hydroxyl groups excluding tert-OH is 3. The summed E-state index contributed by atoms with van der Waals surface area (Å²) in [6.07, 6.45) is 3.00. The molecule has 272 valence electrons. The van der Waals surface area contributed by atoms with Crippen LogP contribution >= 0.6 is 0 Å². The summed E-state index contributed by atoms with van der Waals surface area (Å²) >= 11 is 0. The van der Waals surface area contributed by atoms with Gasteiger partial charge in [-0.05, 0) is 111 Å². The summed E-state index contributed by atoms with van der Waals surface area (Å²) in [5.74, 6) is -1.49. The number of allylic oxidation sites excluding steroid dienone is 2. The Labute approximate surface area is 285 Å². The van der Waals surface area contributed by atoms with Gasteiger partial charge < -0.3 is 39.7 Å². The van der Waals surface area contributed by atoms with E-state index < -0.39 is 59.6 Å². The molecule has 1 aliphatic heterocycles. The second-order valence-corrected chi connectivity index (χ2v) is 18.2. The number of carboxylic acids is 2. The highest BCUT2D eigenvalue weighted by atomic mass is 16.7. The normalized spacial score (nSPS) is 51.4. The Kier molecular flexibility index (Phi) is 9.07. The fourth-order valence-corrected chi connectivity index (χ4v) is 12.5. The van der Waals surface area contributed by atoms with Gasteiger partial charge in [-0.1, -0.05) is 53.2 Å². The number of carboxylic acid groups (broad SMARTS) is 2. The van der Waals surface area contributed by atoms with Gasteiger partial charge >= 0.3 is 11.9 Å². The lowest BCUT2D eigenvalue weighted by Gasteiger charge is -2.71. The third-order valence-corrected chi connectivity index (χ3v) is 15.6. The molecule has 10 heteroatoms. The van der Waals surface area contributed by atoms with E-state index >= 15 is 0 Å². The number of hydrogen-bond acceptors (Lipinski definition) is 8. The van der Waals surface area contributed by atoms with Crippen molar-refractivity contribution >= 4 is 11.9 Å². The minimum atomic E-state index is -1.51. The highest BCUT2D eigenvalue weighted by Gasteiger charge is 2.70. The smallest absolute Gasteiger partial charge is 0.335 e. The van der Waals surface area contributed by atoms with Gasteiger partial charge in [-0.3, -0.25) is 4.79 Å². The fourth-order valence-electron chi connectivity index (χ4n) is 12.5. The standard InChI is InChI=1S/C38H60O10/c1-8-46-28-26(40)27(41)31(48-29(28)30(42)43)47-25-12-13-34(4)23(35(25,5)20-39)11-14-37(7)24(34)10-9-21-22-19-33(2,3)15-17-38(22,32(44)45)18-16-36(21,37)6/h9,22-29,31,39-41H,8,10-20H2,1-7H3,(H,42,43)(H,44,45)/t22-,23+,24+,25-,26+,27+,28-,29-,31?,34-,35-,36+,37+,38-/m0/s1. The zero-order valence-electron chi connectivity index (χ0n) is 30.0. The van der Waals surface area contributed by atoms with Crippen LogP contribution in [0, 0.1) is 50.2 Å². The highest BCUT2D eigenvalue weighted by molar-refractivity contribution is 5.76. The van der Waals surface area contributed by atoms with Crippen LogP contribution in [-0.2, 0) is 23.8 Å². The van der Waals surface area contributed by atoms with E-state index in [0.29, 0.717) is 18.8 Å². The molecule has 0 bridgehead atoms. The molecule has 0 spiro atoms. The van der Waals surface area contributed by atoms with Gasteiger partial charge in [0, 0.05) is 12.0 Å². The topological polar surface area (TPSA) is 163 Å². The van der Waals surface area contributed by atoms with Gasteiger partial charge in [-0.25, -0.2) is 4.79 Å². The molecule has 6 aliphatic rings. The molecule has 4 saturated carbocycles. The maximum absolute atomic E-state index is 13.0. The van der Waals surface area contributed by atoms with Crippen LogP contribution in [-0.4, -0.2) is 87.5 Å². The zero-order chi connectivity index (χ0) is 35.2. The first-order valence-corrected chi connectivity index (χ1v) is 18.4. The summed E-state index contributed by atoms with van der Waals surface area (Å²) in [7, 11) is 0. The zero-order valence-corrected chi connectivity index (χ0v) is 30.0. The molecule has 1 unspecified atom stereocenters. The molecule has 1 saturated heterocycles. The van der Waals surface area contributed by atoms with E-state index in [9.17, 15) is 35.1 Å². The summed E-state index contributed by atoms with van der Waals surface area (Å²) in [4.78, 5) is 25.0. The molecule has 0 radical (unpaired) electrons. The van der Waals surface area contributed by atoms with Crippen LogP contribution in [0.2, 0.25) is 0 Å². The van der Waals surface area contributed by atoms with Crippen molar-refractivity contribution in [1.29, 1.82) is 0 Å². The Bertz CT molecular complexity index is 1310. The SMILES string of the molecule is CCO[C@H]1[C@H](O)[C@@H](O)C(O[C@H]2CC[C@@]3(C)[C@@H](CC[C@]4(C)[C@@H]3CC=C3[C@@H]5CC(C)(C)CC[C@]5(C(=O)O)CC[C@]34C)[C@]2(C)CO)O[C@@H]1C(=O)O. The second kappa shape index (κ2) is 12.0. The van der Waals surface area contributed by atoms with E-state index in [4.69, 9.17) is 14.2 Å². The van der Waals surface area contributed by atoms with E-state index in [-0.39, 0.29) is 46.7 Å². The molecule has 5 fully saturated rings. The summed E-state index contributed by atoms with van der Waals surface area (Å²) in [5.41, 5.74) is -0.216. The van der Waals surface area contributed by atoms with Crippen LogP contribution < -0.4 is 0 Å². The van der Waals surface area contributed by atoms with Gasteiger partial charge in [0.25, 0.3) is 0 Å². The average Bonchev–Trinajstić information content (AvgIpc) is 3.01. The number of fused-ring (bicyclic) bond motifs is 7. The Morgan fingerprint density at radius 3 is 2.23 bits per heavy atom. The largest absolute Gasteiger partial charge is 0.481 e. The summed E-state index contributed by atoms with van der Waals surface area (Å²) < 4.78 is 17.6. The number of rotatable bonds is 7. The van der Waals surface area contributed by atoms with Crippen molar-refractivity contribution in [3.8, 4) is 0 Å². The van der Waals surface area contributed by atoms with Crippen LogP contribution in [0.15, 0.2) is 11.6 Å². The van der Waals surface area contributed by atoms with Gasteiger partial charge in [0.15, 0.2) is 12.4 Å². The lowest BCUT2D eigenvalue weighted by atomic mass is 9.33. The summed E-state index contributed by atoms with van der Waals surface area (Å²) in [6.45, 7) is 15.6. The number of aliphatic hydroxyl groups is 3. The van der Waals surface area contributed by atoms with Crippen LogP contribution in [0.4, 0.5) is 0 Å². The molecule has 10 nitrogen and oxygen atoms in total. The predicted octanol–water partition coefficient (Wildman–Crippen LogP) is 5.17. The molecule has 1 heterocycles. The van der Waals surface area contributed by atoms with Crippen molar-refractivity contribution in [3.05, 3.63) is 11.6 Å². The van der Waals surface area contributed by atoms with Gasteiger partial charge in [0.1, 0.15) is 18.3 Å². The molecular formula is C38H60O10. The van der Waals surface area contributed by atoms with Crippen LogP contribution in [0.25, 0.3) is 0 Å². The van der Waals surface area contributed by atoms with Crippen LogP contribution in [0.1, 0.15) is 113 Å². The quantitative estimate of drug-likeness (QED) is 0.180. The van der Waals surface area contributed by atoms with Gasteiger partial charge in [0.2, 0.25) is 0 Å². The van der Waals surface area contributed by atoms with Crippen molar-refractivity contribution in [3.63, 3.8) is 0 Å². The third-order valence-electron chi connectivity index (χ3n) is 15.6. The maximum Gasteiger partial charge on any atom is 0.335 e. The lowest BCUT2D eigenvalue weighted by molar-refractivity contribution is -0.330. The van der Waals surface area contributed by atoms with Crippen molar-refractivity contribution in [2.24, 2.45) is 50.2 Å². The Morgan fingerprint density at radius 1 is 0.917 bits per heavy atom. The molecule has 0 aromatic rings. The van der Waals surface area contributed by atoms with E-state index in [1.807, 2.05) is 6.92 Å². The van der Waals surface area contributed by atoms with Gasteiger partial charge in [-0.2, -0.15) is 0 Å². The van der Waals surface area contributed by atoms with Crippen LogP contribution in [0.5, 0.6) is 0 Å². The molecule has 0 amide bonds. The molecule has 0 aromatic heterocycles. The first-order chi connectivity index (χ1) is 22.3. The molecule has 5 N–H and O–H groups in total. The number of carbonyl (C=O) groups is 2. The van der Waals surface area contributed by atoms with Crippen molar-refractivity contribution in [2.75, 3.05) is 13.2 Å². The minimum absolute atomic E-state index is 0.0434. The second-order valence-electron chi connectivity index (χ2n) is 18.2. The number of aliphatic carboxylic acids is 2. The maximum atomic E-state index is 13.0. The van der Waals surface area contributed by atoms with Gasteiger partial charge in [0.05, 0.1) is 18.1 Å². The summed E-state index contributed by atoms with van der Waals surface area (Å²) in [5, 5.41) is 53.5. The van der Waals surface area contributed by atoms with Crippen molar-refractivity contribution in [1.82, 2.24) is 0 Å². The molecular weight excluding hydrogens is 616 g/mol. The van der Waals surface area contributed by atoms with E-state index in [2.05, 4.69) is 40.7 Å². The molecule has 6 rings (SSSR count). The first kappa shape index (κ1) is 36.2. The van der Waals surface area contributed by atoms with E-state index in [0.717, 1.165) is 51.4 Å². The van der Waals surface area contributed by atoms with Crippen molar-refractivity contribution in [2.45, 2.75) is 149 Å². The Hall–Kier alpha value is -1.56. The molecule has 14 atom stereocenters. The molecule has 0 aromatic carbocycles. The monoisotopic (exact) mass is 676 g/mol. The minimum Gasteiger partial charge on any atom is -0.481 e. The summed E-state index contributed by atoms with van der Waals surface area (Å²) in [6, 6.07) is 0. The van der Waals surface area contributed by atoms with Gasteiger partial charge in [-0.15, -0.1) is 0 Å². The third kappa shape index (κ3) is 5.01. The fraction of sp³-hybridized carbons (Fsp3) is 0.895. The van der Waals surface area contributed by atoms with E-state index in [1.54, 1.807) is 6.92 Å². The lowest BCUT2D eigenvalue weighted by Crippen LogP contribution is -2.67. The predicted molar refractivity (Wildman–Crippen MR) is 177 cm³/mol. The average molecular weight is 677 g/mol. The number of hydrogen-bond donors (Lipinski definition) is 5. The molecule has 48 heavy (non-hydrogen) atoms. The number of ether oxygens (including phenoxy) is 3. The van der Waals surface area contributed by atoms with Crippen molar-refractivity contribution < 1.29 is 49.3 Å². The van der Waals surface area contributed by atoms with Crippen LogP contribution in [0.3, 0.4) is 0 Å². The van der Waals surface area contributed by atoms with E-state index in [1.165, 1.54) is 5.57 Å². The highest BCUT2D eigenvalue weighted by Crippen LogP contribution is 2.76.